The molecule has 0 aliphatic heterocycles. The van der Waals surface area contributed by atoms with E-state index >= 15 is 0 Å². The second-order valence-electron chi connectivity index (χ2n) is 17.9. The lowest BCUT2D eigenvalue weighted by atomic mass is 9.83. The van der Waals surface area contributed by atoms with Crippen molar-refractivity contribution < 1.29 is 4.42 Å². The fraction of sp³-hybridized carbons (Fsp3) is 0.102. The third-order valence-electron chi connectivity index (χ3n) is 14.8. The van der Waals surface area contributed by atoms with Crippen LogP contribution in [0.25, 0.3) is 66.7 Å². The van der Waals surface area contributed by atoms with Gasteiger partial charge in [-0.25, -0.2) is 4.79 Å². The molecule has 4 aliphatic rings. The smallest absolute Gasteiger partial charge is 0.344 e. The highest BCUT2D eigenvalue weighted by molar-refractivity contribution is 6.07. The zero-order valence-electron chi connectivity index (χ0n) is 33.9. The number of aromatic nitrogens is 1. The minimum Gasteiger partial charge on any atom is -0.422 e. The first-order valence-electron chi connectivity index (χ1n) is 21.9. The second kappa shape index (κ2) is 12.5. The van der Waals surface area contributed by atoms with E-state index in [9.17, 15) is 4.79 Å². The van der Waals surface area contributed by atoms with Crippen molar-refractivity contribution in [3.05, 3.63) is 249 Å². The van der Waals surface area contributed by atoms with Crippen molar-refractivity contribution in [2.75, 3.05) is 0 Å². The fourth-order valence-corrected chi connectivity index (χ4v) is 12.0. The standard InChI is InChI=1S/C59H39NO2/c61-58-45-22-12-10-20-42(45)49-32-50-48(33-55(49)62-58)41-19-9-11-21-44(41)56(50)36-23-26-53-51(30-36)57-52-34-59(52,28-27-54(57)60(53)38-15-5-2-6-16-38)37-24-25-43-46(29-35-13-3-1-4-14-35)39-17-7-8-18-40(39)47(43)31-37/h1-28,30-33,46,52,56H,29,34H2. The fourth-order valence-electron chi connectivity index (χ4n) is 12.0. The van der Waals surface area contributed by atoms with Crippen molar-refractivity contribution in [1.82, 2.24) is 4.57 Å². The lowest BCUT2D eigenvalue weighted by Gasteiger charge is -2.21. The van der Waals surface area contributed by atoms with E-state index in [4.69, 9.17) is 4.42 Å². The van der Waals surface area contributed by atoms with E-state index in [1.165, 1.54) is 83.5 Å². The van der Waals surface area contributed by atoms with Gasteiger partial charge in [0.1, 0.15) is 5.58 Å². The van der Waals surface area contributed by atoms with Crippen molar-refractivity contribution in [2.45, 2.75) is 36.0 Å². The SMILES string of the molecule is O=c1oc2cc3c(cc2c2ccccc12)C(c1ccc2c(c1)c1c(n2-c2ccccc2)C=CC2(c4ccc5c(c4)-c4ccccc4C5Cc4ccccc4)CC12)c1ccccc1-3. The van der Waals surface area contributed by atoms with Gasteiger partial charge in [-0.05, 0) is 140 Å². The van der Waals surface area contributed by atoms with Crippen LogP contribution in [0.2, 0.25) is 0 Å². The highest BCUT2D eigenvalue weighted by Crippen LogP contribution is 2.67. The molecule has 0 radical (unpaired) electrons. The van der Waals surface area contributed by atoms with E-state index in [2.05, 4.69) is 174 Å². The third kappa shape index (κ3) is 4.68. The second-order valence-corrected chi connectivity index (χ2v) is 17.9. The van der Waals surface area contributed by atoms with Crippen molar-refractivity contribution in [2.24, 2.45) is 0 Å². The Morgan fingerprint density at radius 1 is 0.565 bits per heavy atom. The van der Waals surface area contributed by atoms with Crippen LogP contribution < -0.4 is 5.63 Å². The van der Waals surface area contributed by atoms with Crippen LogP contribution in [0.1, 0.15) is 74.4 Å². The first-order chi connectivity index (χ1) is 30.6. The molecule has 0 spiro atoms. The summed E-state index contributed by atoms with van der Waals surface area (Å²) in [6, 6.07) is 66.5. The molecule has 0 amide bonds. The molecule has 1 fully saturated rings. The Balaban J connectivity index is 0.931. The molecule has 1 saturated carbocycles. The first-order valence-corrected chi connectivity index (χ1v) is 21.9. The number of hydrogen-bond donors (Lipinski definition) is 0. The molecule has 14 rings (SSSR count). The van der Waals surface area contributed by atoms with Gasteiger partial charge in [0.2, 0.25) is 0 Å². The molecule has 3 nitrogen and oxygen atoms in total. The zero-order chi connectivity index (χ0) is 40.7. The average molecular weight is 794 g/mol. The summed E-state index contributed by atoms with van der Waals surface area (Å²) < 4.78 is 8.47. The summed E-state index contributed by atoms with van der Waals surface area (Å²) in [5.74, 6) is 0.739. The molecule has 62 heavy (non-hydrogen) atoms. The Morgan fingerprint density at radius 2 is 1.26 bits per heavy atom. The Kier molecular flexibility index (Phi) is 6.92. The molecule has 10 aromatic rings. The van der Waals surface area contributed by atoms with Crippen molar-refractivity contribution in [3.8, 4) is 27.9 Å². The van der Waals surface area contributed by atoms with Gasteiger partial charge in [-0.3, -0.25) is 0 Å². The van der Waals surface area contributed by atoms with Gasteiger partial charge >= 0.3 is 5.63 Å². The Morgan fingerprint density at radius 3 is 2.10 bits per heavy atom. The minimum atomic E-state index is -0.295. The van der Waals surface area contributed by atoms with Gasteiger partial charge in [0.15, 0.2) is 0 Å². The first kappa shape index (κ1) is 34.2. The van der Waals surface area contributed by atoms with E-state index in [0.29, 0.717) is 22.8 Å². The monoisotopic (exact) mass is 793 g/mol. The molecule has 4 aliphatic carbocycles. The Hall–Kier alpha value is -7.49. The highest BCUT2D eigenvalue weighted by Gasteiger charge is 2.58. The van der Waals surface area contributed by atoms with Gasteiger partial charge in [0, 0.05) is 39.6 Å². The predicted octanol–water partition coefficient (Wildman–Crippen LogP) is 13.9. The largest absolute Gasteiger partial charge is 0.422 e. The van der Waals surface area contributed by atoms with Gasteiger partial charge in [-0.1, -0.05) is 140 Å². The molecule has 0 N–H and O–H groups in total. The van der Waals surface area contributed by atoms with E-state index in [-0.39, 0.29) is 17.0 Å². The molecule has 2 heterocycles. The molecular formula is C59H39NO2. The molecule has 4 atom stereocenters. The molecule has 8 aromatic carbocycles. The van der Waals surface area contributed by atoms with Crippen LogP contribution >= 0.6 is 0 Å². The number of allylic oxidation sites excluding steroid dienone is 1. The lowest BCUT2D eigenvalue weighted by Crippen LogP contribution is -2.11. The van der Waals surface area contributed by atoms with Crippen LogP contribution in [0.15, 0.2) is 197 Å². The number of benzene rings is 8. The lowest BCUT2D eigenvalue weighted by molar-refractivity contribution is 0.569. The molecule has 0 bridgehead atoms. The van der Waals surface area contributed by atoms with Crippen molar-refractivity contribution in [1.29, 1.82) is 0 Å². The minimum absolute atomic E-state index is 0.0279. The average Bonchev–Trinajstić information content (AvgIpc) is 3.73. The van der Waals surface area contributed by atoms with Crippen molar-refractivity contribution in [3.63, 3.8) is 0 Å². The maximum atomic E-state index is 13.1. The van der Waals surface area contributed by atoms with Crippen LogP contribution in [0.5, 0.6) is 0 Å². The molecule has 4 unspecified atom stereocenters. The zero-order valence-corrected chi connectivity index (χ0v) is 33.9. The topological polar surface area (TPSA) is 35.1 Å². The summed E-state index contributed by atoms with van der Waals surface area (Å²) in [4.78, 5) is 13.1. The Labute approximate surface area is 358 Å². The van der Waals surface area contributed by atoms with Crippen LogP contribution in [-0.4, -0.2) is 4.57 Å². The summed E-state index contributed by atoms with van der Waals surface area (Å²) in [6.45, 7) is 0. The third-order valence-corrected chi connectivity index (χ3v) is 14.8. The van der Waals surface area contributed by atoms with Crippen LogP contribution in [-0.2, 0) is 11.8 Å². The maximum Gasteiger partial charge on any atom is 0.344 e. The van der Waals surface area contributed by atoms with E-state index in [0.717, 1.165) is 29.2 Å². The number of nitrogens with zero attached hydrogens (tertiary/aromatic N) is 1. The number of hydrogen-bond acceptors (Lipinski definition) is 2. The summed E-state index contributed by atoms with van der Waals surface area (Å²) in [6.07, 6.45) is 7.04. The number of rotatable bonds is 5. The van der Waals surface area contributed by atoms with E-state index < -0.39 is 0 Å². The van der Waals surface area contributed by atoms with Gasteiger partial charge in [-0.15, -0.1) is 0 Å². The predicted molar refractivity (Wildman–Crippen MR) is 252 cm³/mol. The van der Waals surface area contributed by atoms with E-state index in [1.807, 2.05) is 24.3 Å². The Bertz CT molecular complexity index is 3630. The van der Waals surface area contributed by atoms with Crippen LogP contribution in [0, 0.1) is 0 Å². The molecule has 2 aromatic heterocycles. The number of fused-ring (bicyclic) bond motifs is 14. The molecule has 0 saturated heterocycles. The van der Waals surface area contributed by atoms with Crippen LogP contribution in [0.4, 0.5) is 0 Å². The summed E-state index contributed by atoms with van der Waals surface area (Å²) >= 11 is 0. The van der Waals surface area contributed by atoms with Gasteiger partial charge in [0.25, 0.3) is 0 Å². The highest BCUT2D eigenvalue weighted by atomic mass is 16.4. The quantitative estimate of drug-likeness (QED) is 0.128. The van der Waals surface area contributed by atoms with Gasteiger partial charge in [-0.2, -0.15) is 0 Å². The molecular weight excluding hydrogens is 755 g/mol. The van der Waals surface area contributed by atoms with Crippen molar-refractivity contribution >= 4 is 38.7 Å². The number of para-hydroxylation sites is 1. The van der Waals surface area contributed by atoms with Gasteiger partial charge < -0.3 is 8.98 Å². The normalized spacial score (nSPS) is 19.8. The van der Waals surface area contributed by atoms with Gasteiger partial charge in [0.05, 0.1) is 16.6 Å². The summed E-state index contributed by atoms with van der Waals surface area (Å²) in [7, 11) is 0. The van der Waals surface area contributed by atoms with E-state index in [1.54, 1.807) is 0 Å². The molecule has 3 heteroatoms. The summed E-state index contributed by atoms with van der Waals surface area (Å²) in [5, 5.41) is 3.85. The maximum absolute atomic E-state index is 13.1. The summed E-state index contributed by atoms with van der Waals surface area (Å²) in [5.41, 5.74) is 20.0. The molecule has 292 valence electrons. The van der Waals surface area contributed by atoms with Crippen LogP contribution in [0.3, 0.4) is 0 Å².